The fraction of sp³-hybridized carbons (Fsp3) is 0.417. The van der Waals surface area contributed by atoms with Gasteiger partial charge in [0.25, 0.3) is 0 Å². The van der Waals surface area contributed by atoms with Crippen molar-refractivity contribution in [1.29, 1.82) is 5.26 Å². The van der Waals surface area contributed by atoms with Crippen LogP contribution >= 0.6 is 0 Å². The Labute approximate surface area is 172 Å². The van der Waals surface area contributed by atoms with E-state index in [9.17, 15) is 10.1 Å². The topological polar surface area (TPSA) is 71.3 Å². The first-order valence-corrected chi connectivity index (χ1v) is 10.2. The van der Waals surface area contributed by atoms with Crippen molar-refractivity contribution in [3.05, 3.63) is 53.6 Å². The lowest BCUT2D eigenvalue weighted by Crippen LogP contribution is -2.42. The van der Waals surface area contributed by atoms with Crippen molar-refractivity contribution in [1.82, 2.24) is 0 Å². The van der Waals surface area contributed by atoms with Gasteiger partial charge in [0.1, 0.15) is 17.6 Å². The number of methoxy groups -OCH3 is 1. The highest BCUT2D eigenvalue weighted by Gasteiger charge is 2.41. The first-order valence-electron chi connectivity index (χ1n) is 10.2. The summed E-state index contributed by atoms with van der Waals surface area (Å²) in [6.45, 7) is 3.87. The lowest BCUT2D eigenvalue weighted by Gasteiger charge is -2.36. The van der Waals surface area contributed by atoms with Crippen molar-refractivity contribution in [2.45, 2.75) is 57.5 Å². The highest BCUT2D eigenvalue weighted by molar-refractivity contribution is 6.00. The van der Waals surface area contributed by atoms with Gasteiger partial charge in [-0.05, 0) is 56.5 Å². The third-order valence-electron chi connectivity index (χ3n) is 5.52. The second-order valence-corrected chi connectivity index (χ2v) is 7.81. The van der Waals surface area contributed by atoms with E-state index >= 15 is 0 Å². The molecular weight excluding hydrogens is 364 g/mol. The minimum absolute atomic E-state index is 0.0163. The molecule has 0 spiro atoms. The summed E-state index contributed by atoms with van der Waals surface area (Å²) in [5.74, 6) is 1.33. The Morgan fingerprint density at radius 2 is 1.72 bits per heavy atom. The van der Waals surface area contributed by atoms with Gasteiger partial charge in [-0.15, -0.1) is 0 Å². The van der Waals surface area contributed by atoms with E-state index in [4.69, 9.17) is 9.47 Å². The second kappa shape index (κ2) is 9.00. The van der Waals surface area contributed by atoms with E-state index in [1.807, 2.05) is 38.1 Å². The van der Waals surface area contributed by atoms with Gasteiger partial charge < -0.3 is 14.8 Å². The van der Waals surface area contributed by atoms with Gasteiger partial charge in [-0.25, -0.2) is 0 Å². The van der Waals surface area contributed by atoms with Crippen molar-refractivity contribution in [2.24, 2.45) is 0 Å². The molecule has 2 aromatic carbocycles. The van der Waals surface area contributed by atoms with Crippen LogP contribution in [-0.4, -0.2) is 19.1 Å². The fourth-order valence-electron chi connectivity index (χ4n) is 4.02. The Morgan fingerprint density at radius 1 is 1.07 bits per heavy atom. The number of nitriles is 1. The Balaban J connectivity index is 1.90. The first-order chi connectivity index (χ1) is 14.0. The summed E-state index contributed by atoms with van der Waals surface area (Å²) in [5, 5.41) is 12.6. The van der Waals surface area contributed by atoms with E-state index in [1.165, 1.54) is 0 Å². The second-order valence-electron chi connectivity index (χ2n) is 7.81. The minimum atomic E-state index is -0.593. The van der Waals surface area contributed by atoms with Crippen LogP contribution < -0.4 is 14.8 Å². The Morgan fingerprint density at radius 3 is 2.31 bits per heavy atom. The van der Waals surface area contributed by atoms with Gasteiger partial charge in [0.05, 0.1) is 29.9 Å². The van der Waals surface area contributed by atoms with Gasteiger partial charge >= 0.3 is 0 Å². The molecule has 0 aliphatic heterocycles. The summed E-state index contributed by atoms with van der Waals surface area (Å²) in [7, 11) is 1.63. The maximum atomic E-state index is 13.5. The summed E-state index contributed by atoms with van der Waals surface area (Å²) in [6.07, 6.45) is 4.75. The van der Waals surface area contributed by atoms with Gasteiger partial charge in [-0.3, -0.25) is 4.79 Å². The van der Waals surface area contributed by atoms with E-state index in [-0.39, 0.29) is 12.0 Å². The smallest absolute Gasteiger partial charge is 0.235 e. The zero-order valence-corrected chi connectivity index (χ0v) is 17.3. The number of anilines is 1. The van der Waals surface area contributed by atoms with Crippen molar-refractivity contribution in [3.8, 4) is 17.6 Å². The molecule has 2 aromatic rings. The number of ether oxygens (including phenoxy) is 2. The van der Waals surface area contributed by atoms with E-state index in [0.29, 0.717) is 17.0 Å². The van der Waals surface area contributed by atoms with E-state index < -0.39 is 5.41 Å². The van der Waals surface area contributed by atoms with Gasteiger partial charge in [0, 0.05) is 6.07 Å². The lowest BCUT2D eigenvalue weighted by molar-refractivity contribution is -0.122. The van der Waals surface area contributed by atoms with Crippen LogP contribution in [0, 0.1) is 11.3 Å². The van der Waals surface area contributed by atoms with Crippen molar-refractivity contribution in [2.75, 3.05) is 12.4 Å². The van der Waals surface area contributed by atoms with E-state index in [1.54, 1.807) is 25.3 Å². The summed E-state index contributed by atoms with van der Waals surface area (Å²) in [6, 6.07) is 15.2. The molecule has 0 atom stereocenters. The number of rotatable bonds is 6. The maximum absolute atomic E-state index is 13.5. The van der Waals surface area contributed by atoms with Crippen LogP contribution in [0.15, 0.2) is 42.5 Å². The van der Waals surface area contributed by atoms with Crippen LogP contribution in [0.3, 0.4) is 0 Å². The maximum Gasteiger partial charge on any atom is 0.235 e. The lowest BCUT2D eigenvalue weighted by atomic mass is 9.68. The summed E-state index contributed by atoms with van der Waals surface area (Å²) in [5.41, 5.74) is 1.32. The molecular formula is C24H28N2O3. The summed E-state index contributed by atoms with van der Waals surface area (Å²) < 4.78 is 10.9. The number of carbonyl (C=O) groups excluding carboxylic acids is 1. The third-order valence-corrected chi connectivity index (χ3v) is 5.52. The predicted octanol–water partition coefficient (Wildman–Crippen LogP) is 5.19. The SMILES string of the molecule is COc1ccc(C2(C(=O)Nc3ccc(OC(C)C)cc3C#N)CCCCC2)cc1. The molecule has 0 radical (unpaired) electrons. The molecule has 1 aliphatic carbocycles. The number of benzene rings is 2. The molecule has 5 nitrogen and oxygen atoms in total. The molecule has 0 bridgehead atoms. The molecule has 5 heteroatoms. The van der Waals surface area contributed by atoms with Crippen LogP contribution in [-0.2, 0) is 10.2 Å². The number of carbonyl (C=O) groups is 1. The average molecular weight is 392 g/mol. The number of hydrogen-bond donors (Lipinski definition) is 1. The zero-order chi connectivity index (χ0) is 20.9. The molecule has 1 amide bonds. The van der Waals surface area contributed by atoms with Gasteiger partial charge in [-0.1, -0.05) is 31.4 Å². The minimum Gasteiger partial charge on any atom is -0.497 e. The molecule has 1 fully saturated rings. The average Bonchev–Trinajstić information content (AvgIpc) is 2.74. The van der Waals surface area contributed by atoms with E-state index in [0.717, 1.165) is 43.4 Å². The fourth-order valence-corrected chi connectivity index (χ4v) is 4.02. The Hall–Kier alpha value is -3.00. The molecule has 0 aromatic heterocycles. The third kappa shape index (κ3) is 4.54. The molecule has 1 saturated carbocycles. The highest BCUT2D eigenvalue weighted by atomic mass is 16.5. The number of nitrogens with one attached hydrogen (secondary N) is 1. The molecule has 152 valence electrons. The van der Waals surface area contributed by atoms with Gasteiger partial charge in [0.2, 0.25) is 5.91 Å². The monoisotopic (exact) mass is 392 g/mol. The molecule has 1 aliphatic rings. The van der Waals surface area contributed by atoms with Crippen molar-refractivity contribution in [3.63, 3.8) is 0 Å². The largest absolute Gasteiger partial charge is 0.497 e. The van der Waals surface area contributed by atoms with Gasteiger partial charge in [0.15, 0.2) is 0 Å². The molecule has 1 N–H and O–H groups in total. The molecule has 29 heavy (non-hydrogen) atoms. The van der Waals surface area contributed by atoms with Crippen molar-refractivity contribution < 1.29 is 14.3 Å². The Bertz CT molecular complexity index is 891. The molecule has 3 rings (SSSR count). The van der Waals surface area contributed by atoms with Crippen LogP contribution in [0.5, 0.6) is 11.5 Å². The number of nitrogens with zero attached hydrogens (tertiary/aromatic N) is 1. The van der Waals surface area contributed by atoms with Gasteiger partial charge in [-0.2, -0.15) is 5.26 Å². The molecule has 0 saturated heterocycles. The van der Waals surface area contributed by atoms with E-state index in [2.05, 4.69) is 11.4 Å². The highest BCUT2D eigenvalue weighted by Crippen LogP contribution is 2.41. The standard InChI is InChI=1S/C24H28N2O3/c1-17(2)29-21-11-12-22(18(15-21)16-25)26-23(27)24(13-5-4-6-14-24)19-7-9-20(28-3)10-8-19/h7-12,15,17H,4-6,13-14H2,1-3H3,(H,26,27). The van der Waals surface area contributed by atoms with Crippen LogP contribution in [0.4, 0.5) is 5.69 Å². The van der Waals surface area contributed by atoms with Crippen LogP contribution in [0.1, 0.15) is 57.1 Å². The predicted molar refractivity (Wildman–Crippen MR) is 113 cm³/mol. The normalized spacial score (nSPS) is 15.4. The first kappa shape index (κ1) is 20.7. The molecule has 0 unspecified atom stereocenters. The van der Waals surface area contributed by atoms with Crippen LogP contribution in [0.2, 0.25) is 0 Å². The zero-order valence-electron chi connectivity index (χ0n) is 17.3. The van der Waals surface area contributed by atoms with Crippen molar-refractivity contribution >= 4 is 11.6 Å². The Kier molecular flexibility index (Phi) is 6.43. The quantitative estimate of drug-likeness (QED) is 0.734. The number of hydrogen-bond acceptors (Lipinski definition) is 4. The summed E-state index contributed by atoms with van der Waals surface area (Å²) in [4.78, 5) is 13.5. The number of amides is 1. The molecule has 0 heterocycles. The summed E-state index contributed by atoms with van der Waals surface area (Å²) >= 11 is 0. The van der Waals surface area contributed by atoms with Crippen LogP contribution in [0.25, 0.3) is 0 Å².